The molecular weight excluding hydrogens is 248 g/mol. The number of hydrogen-bond acceptors (Lipinski definition) is 4. The quantitative estimate of drug-likeness (QED) is 0.931. The Morgan fingerprint density at radius 1 is 1.25 bits per heavy atom. The van der Waals surface area contributed by atoms with Gasteiger partial charge in [0.25, 0.3) is 0 Å². The van der Waals surface area contributed by atoms with Gasteiger partial charge in [-0.1, -0.05) is 31.2 Å². The van der Waals surface area contributed by atoms with Crippen LogP contribution in [0.15, 0.2) is 30.5 Å². The summed E-state index contributed by atoms with van der Waals surface area (Å²) in [6.07, 6.45) is 4.28. The van der Waals surface area contributed by atoms with Crippen LogP contribution in [-0.2, 0) is 0 Å². The third-order valence-corrected chi connectivity index (χ3v) is 4.45. The number of nitrogens with zero attached hydrogens (tertiary/aromatic N) is 3. The van der Waals surface area contributed by atoms with Gasteiger partial charge in [0, 0.05) is 17.3 Å². The lowest BCUT2D eigenvalue weighted by Gasteiger charge is -2.38. The van der Waals surface area contributed by atoms with E-state index >= 15 is 0 Å². The molecule has 2 aromatic rings. The van der Waals surface area contributed by atoms with Crippen LogP contribution >= 0.6 is 0 Å². The Hall–Kier alpha value is -1.68. The van der Waals surface area contributed by atoms with Gasteiger partial charge in [-0.05, 0) is 38.4 Å². The molecule has 0 amide bonds. The molecule has 0 spiro atoms. The average molecular weight is 270 g/mol. The van der Waals surface area contributed by atoms with Crippen molar-refractivity contribution < 1.29 is 0 Å². The van der Waals surface area contributed by atoms with Gasteiger partial charge in [0.05, 0.1) is 6.20 Å². The van der Waals surface area contributed by atoms with Crippen molar-refractivity contribution in [3.05, 3.63) is 30.5 Å². The van der Waals surface area contributed by atoms with E-state index in [0.29, 0.717) is 5.41 Å². The van der Waals surface area contributed by atoms with Crippen molar-refractivity contribution in [1.29, 1.82) is 0 Å². The largest absolute Gasteiger partial charge is 0.368 e. The maximum absolute atomic E-state index is 4.27. The van der Waals surface area contributed by atoms with Gasteiger partial charge in [-0.15, -0.1) is 5.10 Å². The van der Waals surface area contributed by atoms with Crippen LogP contribution in [0.1, 0.15) is 19.8 Å². The highest BCUT2D eigenvalue weighted by Gasteiger charge is 2.28. The summed E-state index contributed by atoms with van der Waals surface area (Å²) >= 11 is 0. The molecule has 1 aromatic heterocycles. The Labute approximate surface area is 120 Å². The highest BCUT2D eigenvalue weighted by molar-refractivity contribution is 5.90. The summed E-state index contributed by atoms with van der Waals surface area (Å²) in [4.78, 5) is 2.40. The second-order valence-electron chi connectivity index (χ2n) is 6.25. The van der Waals surface area contributed by atoms with Gasteiger partial charge in [0.2, 0.25) is 0 Å². The fourth-order valence-electron chi connectivity index (χ4n) is 2.79. The van der Waals surface area contributed by atoms with Crippen molar-refractivity contribution in [2.24, 2.45) is 5.41 Å². The van der Waals surface area contributed by atoms with E-state index in [2.05, 4.69) is 46.5 Å². The van der Waals surface area contributed by atoms with Gasteiger partial charge in [0.1, 0.15) is 0 Å². The molecule has 1 N–H and O–H groups in total. The van der Waals surface area contributed by atoms with Crippen LogP contribution in [0.4, 0.5) is 5.82 Å². The lowest BCUT2D eigenvalue weighted by Crippen LogP contribution is -2.40. The van der Waals surface area contributed by atoms with Crippen molar-refractivity contribution in [2.45, 2.75) is 19.8 Å². The summed E-state index contributed by atoms with van der Waals surface area (Å²) in [5.41, 5.74) is 0.352. The van der Waals surface area contributed by atoms with Gasteiger partial charge >= 0.3 is 0 Å². The van der Waals surface area contributed by atoms with Gasteiger partial charge in [-0.3, -0.25) is 0 Å². The lowest BCUT2D eigenvalue weighted by atomic mass is 9.80. The average Bonchev–Trinajstić information content (AvgIpc) is 2.49. The first kappa shape index (κ1) is 13.3. The number of likely N-dealkylation sites (tertiary alicyclic amines) is 1. The first-order chi connectivity index (χ1) is 9.66. The number of anilines is 1. The number of aromatic nitrogens is 2. The predicted octanol–water partition coefficient (Wildman–Crippen LogP) is 2.77. The molecule has 0 saturated carbocycles. The number of benzene rings is 1. The molecule has 0 bridgehead atoms. The molecule has 0 unspecified atom stereocenters. The monoisotopic (exact) mass is 270 g/mol. The van der Waals surface area contributed by atoms with Crippen LogP contribution < -0.4 is 5.32 Å². The summed E-state index contributed by atoms with van der Waals surface area (Å²) in [5, 5.41) is 14.2. The normalized spacial score (nSPS) is 19.1. The zero-order chi connectivity index (χ0) is 14.0. The number of hydrogen-bond donors (Lipinski definition) is 1. The first-order valence-corrected chi connectivity index (χ1v) is 7.29. The zero-order valence-electron chi connectivity index (χ0n) is 12.3. The third-order valence-electron chi connectivity index (χ3n) is 4.45. The van der Waals surface area contributed by atoms with Crippen LogP contribution in [-0.4, -0.2) is 41.8 Å². The molecule has 3 rings (SSSR count). The minimum Gasteiger partial charge on any atom is -0.368 e. The van der Waals surface area contributed by atoms with Gasteiger partial charge < -0.3 is 10.2 Å². The summed E-state index contributed by atoms with van der Waals surface area (Å²) < 4.78 is 0. The molecular formula is C16H22N4. The van der Waals surface area contributed by atoms with E-state index in [4.69, 9.17) is 0 Å². The predicted molar refractivity (Wildman–Crippen MR) is 82.9 cm³/mol. The second-order valence-corrected chi connectivity index (χ2v) is 6.25. The van der Waals surface area contributed by atoms with Crippen molar-refractivity contribution in [1.82, 2.24) is 15.1 Å². The Kier molecular flexibility index (Phi) is 3.57. The van der Waals surface area contributed by atoms with E-state index < -0.39 is 0 Å². The topological polar surface area (TPSA) is 41.0 Å². The van der Waals surface area contributed by atoms with Crippen LogP contribution in [0.2, 0.25) is 0 Å². The van der Waals surface area contributed by atoms with E-state index in [-0.39, 0.29) is 0 Å². The maximum atomic E-state index is 4.27. The highest BCUT2D eigenvalue weighted by atomic mass is 15.2. The molecule has 1 aromatic carbocycles. The molecule has 2 heterocycles. The van der Waals surface area contributed by atoms with Gasteiger partial charge in [0.15, 0.2) is 5.82 Å². The molecule has 1 aliphatic heterocycles. The van der Waals surface area contributed by atoms with E-state index in [1.54, 1.807) is 0 Å². The minimum atomic E-state index is 0.352. The molecule has 4 heteroatoms. The van der Waals surface area contributed by atoms with Crippen molar-refractivity contribution >= 4 is 16.6 Å². The zero-order valence-corrected chi connectivity index (χ0v) is 12.3. The number of piperidine rings is 1. The number of fused-ring (bicyclic) bond motifs is 1. The molecule has 1 fully saturated rings. The molecule has 1 aliphatic rings. The Balaban J connectivity index is 1.74. The Morgan fingerprint density at radius 3 is 2.80 bits per heavy atom. The summed E-state index contributed by atoms with van der Waals surface area (Å²) in [7, 11) is 2.20. The number of nitrogens with one attached hydrogen (secondary N) is 1. The van der Waals surface area contributed by atoms with Crippen LogP contribution in [0.3, 0.4) is 0 Å². The fourth-order valence-corrected chi connectivity index (χ4v) is 2.79. The van der Waals surface area contributed by atoms with Crippen molar-refractivity contribution in [2.75, 3.05) is 32.0 Å². The summed E-state index contributed by atoms with van der Waals surface area (Å²) in [5.74, 6) is 0.906. The SMILES string of the molecule is CN1CCC(C)(CNc2nncc3ccccc23)CC1. The molecule has 0 atom stereocenters. The molecule has 0 aliphatic carbocycles. The van der Waals surface area contributed by atoms with Gasteiger partial charge in [-0.2, -0.15) is 5.10 Å². The standard InChI is InChI=1S/C16H22N4/c1-16(7-9-20(2)10-8-16)12-17-15-14-6-4-3-5-13(14)11-18-19-15/h3-6,11H,7-10,12H2,1-2H3,(H,17,19). The molecule has 106 valence electrons. The van der Waals surface area contributed by atoms with Crippen LogP contribution in [0, 0.1) is 5.41 Å². The number of rotatable bonds is 3. The Bertz CT molecular complexity index is 583. The van der Waals surface area contributed by atoms with E-state index in [1.165, 1.54) is 25.9 Å². The smallest absolute Gasteiger partial charge is 0.156 e. The molecule has 0 radical (unpaired) electrons. The highest BCUT2D eigenvalue weighted by Crippen LogP contribution is 2.31. The van der Waals surface area contributed by atoms with E-state index in [1.807, 2.05) is 18.3 Å². The summed E-state index contributed by atoms with van der Waals surface area (Å²) in [6, 6.07) is 8.26. The van der Waals surface area contributed by atoms with Crippen LogP contribution in [0.5, 0.6) is 0 Å². The summed E-state index contributed by atoms with van der Waals surface area (Å²) in [6.45, 7) is 5.69. The molecule has 20 heavy (non-hydrogen) atoms. The third kappa shape index (κ3) is 2.75. The molecule has 4 nitrogen and oxygen atoms in total. The van der Waals surface area contributed by atoms with Crippen molar-refractivity contribution in [3.8, 4) is 0 Å². The lowest BCUT2D eigenvalue weighted by molar-refractivity contribution is 0.150. The van der Waals surface area contributed by atoms with Crippen LogP contribution in [0.25, 0.3) is 10.8 Å². The van der Waals surface area contributed by atoms with Gasteiger partial charge in [-0.25, -0.2) is 0 Å². The molecule has 1 saturated heterocycles. The maximum Gasteiger partial charge on any atom is 0.156 e. The van der Waals surface area contributed by atoms with E-state index in [0.717, 1.165) is 23.1 Å². The second kappa shape index (κ2) is 5.37. The Morgan fingerprint density at radius 2 is 2.00 bits per heavy atom. The fraction of sp³-hybridized carbons (Fsp3) is 0.500. The first-order valence-electron chi connectivity index (χ1n) is 7.29. The minimum absolute atomic E-state index is 0.352. The van der Waals surface area contributed by atoms with E-state index in [9.17, 15) is 0 Å². The van der Waals surface area contributed by atoms with Crippen molar-refractivity contribution in [3.63, 3.8) is 0 Å².